The number of ether oxygens (including phenoxy) is 1. The van der Waals surface area contributed by atoms with Gasteiger partial charge in [-0.1, -0.05) is 82.9 Å². The quantitative estimate of drug-likeness (QED) is 0.0550. The van der Waals surface area contributed by atoms with Crippen LogP contribution in [0, 0.1) is 11.8 Å². The Morgan fingerprint density at radius 1 is 0.897 bits per heavy atom. The van der Waals surface area contributed by atoms with Crippen LogP contribution in [0.4, 0.5) is 17.3 Å². The number of fused-ring (bicyclic) bond motifs is 2. The number of carbonyl (C=O) groups excluding carboxylic acids is 2. The maximum atomic E-state index is 12.8. The number of nitrogens with one attached hydrogen (secondary N) is 2. The fraction of sp³-hybridized carbons (Fsp3) is 0.600. The minimum Gasteiger partial charge on any atom is -0.380 e. The van der Waals surface area contributed by atoms with Crippen molar-refractivity contribution in [2.45, 2.75) is 116 Å². The van der Waals surface area contributed by atoms with Gasteiger partial charge in [-0.15, -0.1) is 0 Å². The van der Waals surface area contributed by atoms with Crippen molar-refractivity contribution in [2.75, 3.05) is 101 Å². The molecule has 13 nitrogen and oxygen atoms in total. The maximum Gasteiger partial charge on any atom is 0.242 e. The molecule has 1 aliphatic carbocycles. The van der Waals surface area contributed by atoms with Crippen LogP contribution in [0.5, 0.6) is 0 Å². The van der Waals surface area contributed by atoms with E-state index in [-0.39, 0.29) is 5.91 Å². The monoisotopic (exact) mass is 929 g/mol. The summed E-state index contributed by atoms with van der Waals surface area (Å²) in [7, 11) is 3.62. The molecular formula is C55H80N10O3. The Morgan fingerprint density at radius 3 is 2.35 bits per heavy atom. The number of hydrogen-bond acceptors (Lipinski definition) is 11. The van der Waals surface area contributed by atoms with Crippen LogP contribution < -0.4 is 20.4 Å². The third-order valence-corrected chi connectivity index (χ3v) is 15.7. The van der Waals surface area contributed by atoms with Gasteiger partial charge in [0.2, 0.25) is 11.9 Å². The molecule has 1 unspecified atom stereocenters. The lowest BCUT2D eigenvalue weighted by molar-refractivity contribution is -0.122. The number of aromatic nitrogens is 3. The van der Waals surface area contributed by atoms with Gasteiger partial charge in [0.25, 0.3) is 0 Å². The van der Waals surface area contributed by atoms with Crippen LogP contribution in [0.15, 0.2) is 67.3 Å². The van der Waals surface area contributed by atoms with Crippen LogP contribution in [0.2, 0.25) is 0 Å². The first-order valence-electron chi connectivity index (χ1n) is 26.2. The summed E-state index contributed by atoms with van der Waals surface area (Å²) in [5.74, 6) is 2.79. The Balaban J connectivity index is 0.728. The van der Waals surface area contributed by atoms with Gasteiger partial charge in [0.05, 0.1) is 18.0 Å². The van der Waals surface area contributed by atoms with Gasteiger partial charge in [-0.3, -0.25) is 9.69 Å². The van der Waals surface area contributed by atoms with Crippen LogP contribution in [0.3, 0.4) is 0 Å². The van der Waals surface area contributed by atoms with E-state index in [1.54, 1.807) is 7.05 Å². The van der Waals surface area contributed by atoms with Gasteiger partial charge in [-0.2, -0.15) is 4.98 Å². The predicted molar refractivity (Wildman–Crippen MR) is 277 cm³/mol. The molecule has 4 aromatic rings. The summed E-state index contributed by atoms with van der Waals surface area (Å²) in [6, 6.07) is 15.8. The molecule has 3 fully saturated rings. The minimum absolute atomic E-state index is 0.115. The molecule has 2 N–H and O–H groups in total. The number of aryl methyl sites for hydroxylation is 1. The molecule has 8 rings (SSSR count). The van der Waals surface area contributed by atoms with Crippen molar-refractivity contribution in [1.29, 1.82) is 0 Å². The molecule has 368 valence electrons. The van der Waals surface area contributed by atoms with Gasteiger partial charge in [-0.05, 0) is 98.7 Å². The standard InChI is InChI=1S/C55H80N10O3/c1-6-42(7-2)36-57-55-58-37-48-49(40-64(53(48)59-55)47-14-9-8-10-15-47)46-20-17-44(18-21-46)38-62-27-29-63(30-28-62)39-45-23-25-61(26-24-45)31-34-68-33-12-13-43-19-22-50-52(35-43)60(5)41(3)65(50)51(16-11-32-66)54(67)56-4/h17-22,32,35,37,40,42,45,47,51H,3,6-16,23-31,33-34,36,38-39H2,1-2,4-5H3,(H,56,67)(H,57,58,59). The lowest BCUT2D eigenvalue weighted by Gasteiger charge is -2.39. The Hall–Kier alpha value is -4.82. The summed E-state index contributed by atoms with van der Waals surface area (Å²) in [5.41, 5.74) is 8.18. The van der Waals surface area contributed by atoms with E-state index in [1.165, 1.54) is 73.7 Å². The molecule has 1 saturated carbocycles. The van der Waals surface area contributed by atoms with E-state index in [4.69, 9.17) is 14.7 Å². The summed E-state index contributed by atoms with van der Waals surface area (Å²) in [6.45, 7) is 21.3. The first-order chi connectivity index (χ1) is 33.3. The number of rotatable bonds is 23. The first kappa shape index (κ1) is 49.6. The van der Waals surface area contributed by atoms with E-state index in [0.717, 1.165) is 144 Å². The fourth-order valence-electron chi connectivity index (χ4n) is 11.2. The second-order valence-corrected chi connectivity index (χ2v) is 20.1. The van der Waals surface area contributed by atoms with E-state index in [0.29, 0.717) is 24.8 Å². The van der Waals surface area contributed by atoms with Gasteiger partial charge >= 0.3 is 0 Å². The van der Waals surface area contributed by atoms with E-state index in [9.17, 15) is 9.59 Å². The van der Waals surface area contributed by atoms with E-state index in [2.05, 4.69) is 105 Å². The average Bonchev–Trinajstić information content (AvgIpc) is 3.87. The molecule has 68 heavy (non-hydrogen) atoms. The van der Waals surface area contributed by atoms with Crippen molar-refractivity contribution in [3.8, 4) is 11.1 Å². The molecule has 2 aromatic heterocycles. The highest BCUT2D eigenvalue weighted by Crippen LogP contribution is 2.43. The third kappa shape index (κ3) is 12.1. The van der Waals surface area contributed by atoms with E-state index >= 15 is 0 Å². The molecular weight excluding hydrogens is 849 g/mol. The molecule has 1 amide bonds. The van der Waals surface area contributed by atoms with Gasteiger partial charge < -0.3 is 44.3 Å². The second-order valence-electron chi connectivity index (χ2n) is 20.1. The Kier molecular flexibility index (Phi) is 17.6. The minimum atomic E-state index is -0.480. The first-order valence-corrected chi connectivity index (χ1v) is 26.2. The zero-order chi connectivity index (χ0) is 47.4. The summed E-state index contributed by atoms with van der Waals surface area (Å²) in [4.78, 5) is 45.8. The zero-order valence-electron chi connectivity index (χ0n) is 41.8. The normalized spacial score (nSPS) is 18.5. The predicted octanol–water partition coefficient (Wildman–Crippen LogP) is 8.75. The number of aldehydes is 1. The van der Waals surface area contributed by atoms with Crippen LogP contribution in [0.1, 0.15) is 108 Å². The van der Waals surface area contributed by atoms with Crippen LogP contribution >= 0.6 is 0 Å². The van der Waals surface area contributed by atoms with Crippen molar-refractivity contribution >= 4 is 40.5 Å². The average molecular weight is 929 g/mol. The lowest BCUT2D eigenvalue weighted by Crippen LogP contribution is -2.48. The molecule has 3 aliphatic heterocycles. The number of carbonyl (C=O) groups is 2. The van der Waals surface area contributed by atoms with Crippen molar-refractivity contribution < 1.29 is 14.3 Å². The molecule has 0 spiro atoms. The smallest absolute Gasteiger partial charge is 0.242 e. The number of likely N-dealkylation sites (tertiary alicyclic amines) is 1. The molecule has 1 atom stereocenters. The molecule has 0 bridgehead atoms. The molecule has 0 radical (unpaired) electrons. The Labute approximate surface area is 406 Å². The topological polar surface area (TPSA) is 114 Å². The summed E-state index contributed by atoms with van der Waals surface area (Å²) in [5, 5.41) is 7.46. The van der Waals surface area contributed by atoms with Crippen molar-refractivity contribution in [1.82, 2.24) is 34.6 Å². The Morgan fingerprint density at radius 2 is 1.63 bits per heavy atom. The van der Waals surface area contributed by atoms with Crippen molar-refractivity contribution in [3.05, 3.63) is 78.4 Å². The number of likely N-dealkylation sites (N-methyl/N-ethyl adjacent to an activating group) is 1. The summed E-state index contributed by atoms with van der Waals surface area (Å²) < 4.78 is 8.61. The fourth-order valence-corrected chi connectivity index (χ4v) is 11.2. The van der Waals surface area contributed by atoms with Gasteiger partial charge in [-0.25, -0.2) is 4.98 Å². The van der Waals surface area contributed by atoms with Crippen LogP contribution in [-0.2, 0) is 27.3 Å². The number of anilines is 3. The number of nitrogens with zero attached hydrogens (tertiary/aromatic N) is 8. The number of hydrogen-bond donors (Lipinski definition) is 2. The van der Waals surface area contributed by atoms with Gasteiger partial charge in [0.1, 0.15) is 23.8 Å². The summed E-state index contributed by atoms with van der Waals surface area (Å²) >= 11 is 0. The maximum absolute atomic E-state index is 12.8. The lowest BCUT2D eigenvalue weighted by atomic mass is 9.95. The van der Waals surface area contributed by atoms with Crippen LogP contribution in [-0.4, -0.2) is 134 Å². The Bertz CT molecular complexity index is 2250. The summed E-state index contributed by atoms with van der Waals surface area (Å²) in [6.07, 6.45) is 19.2. The van der Waals surface area contributed by atoms with Gasteiger partial charge in [0, 0.05) is 109 Å². The zero-order valence-corrected chi connectivity index (χ0v) is 41.8. The third-order valence-electron chi connectivity index (χ3n) is 15.7. The highest BCUT2D eigenvalue weighted by molar-refractivity contribution is 5.94. The van der Waals surface area contributed by atoms with Crippen LogP contribution in [0.25, 0.3) is 22.2 Å². The molecule has 2 aromatic carbocycles. The largest absolute Gasteiger partial charge is 0.380 e. The van der Waals surface area contributed by atoms with Crippen molar-refractivity contribution in [3.63, 3.8) is 0 Å². The van der Waals surface area contributed by atoms with E-state index in [1.807, 2.05) is 16.8 Å². The second kappa shape index (κ2) is 24.1. The molecule has 13 heteroatoms. The number of benzene rings is 2. The van der Waals surface area contributed by atoms with E-state index < -0.39 is 6.04 Å². The number of amides is 1. The SMILES string of the molecule is C=C1N(C)c2cc(CCCOCCN3CCC(CN4CCN(Cc5ccc(-c6cn(C7CCCCC7)c7nc(NCC(CC)CC)ncc67)cc5)CC4)CC3)ccc2N1C(CCC=O)C(=O)NC. The van der Waals surface area contributed by atoms with Crippen molar-refractivity contribution in [2.24, 2.45) is 11.8 Å². The molecule has 4 aliphatic rings. The highest BCUT2D eigenvalue weighted by Gasteiger charge is 2.36. The van der Waals surface area contributed by atoms with Gasteiger partial charge in [0.15, 0.2) is 0 Å². The highest BCUT2D eigenvalue weighted by atomic mass is 16.5. The molecule has 2 saturated heterocycles. The molecule has 5 heterocycles. The number of piperidine rings is 1. The number of piperazine rings is 1.